The molecule has 0 aliphatic rings. The first-order valence-electron chi connectivity index (χ1n) is 7.22. The molecule has 0 saturated carbocycles. The number of aryl methyl sites for hydroxylation is 1. The normalized spacial score (nSPS) is 11.4. The van der Waals surface area contributed by atoms with E-state index in [2.05, 4.69) is 82.3 Å². The summed E-state index contributed by atoms with van der Waals surface area (Å²) >= 11 is 0. The molecule has 0 radical (unpaired) electrons. The van der Waals surface area contributed by atoms with Crippen molar-refractivity contribution in [3.05, 3.63) is 65.7 Å². The van der Waals surface area contributed by atoms with Gasteiger partial charge in [-0.25, -0.2) is 0 Å². The van der Waals surface area contributed by atoms with Gasteiger partial charge in [0.2, 0.25) is 0 Å². The van der Waals surface area contributed by atoms with Crippen molar-refractivity contribution in [1.82, 2.24) is 0 Å². The molecule has 0 fully saturated rings. The fourth-order valence-electron chi connectivity index (χ4n) is 2.79. The summed E-state index contributed by atoms with van der Waals surface area (Å²) in [6, 6.07) is 20.1. The van der Waals surface area contributed by atoms with Crippen molar-refractivity contribution in [2.75, 3.05) is 0 Å². The second-order valence-electron chi connectivity index (χ2n) is 6.67. The van der Waals surface area contributed by atoms with Gasteiger partial charge >= 0.3 is 0 Å². The summed E-state index contributed by atoms with van der Waals surface area (Å²) in [4.78, 5) is 0. The maximum absolute atomic E-state index is 2.28. The third kappa shape index (κ3) is 3.24. The molecule has 0 heterocycles. The predicted octanol–water partition coefficient (Wildman–Crippen LogP) is 5.83. The van der Waals surface area contributed by atoms with Gasteiger partial charge in [-0.15, -0.1) is 34.5 Å². The molecule has 0 N–H and O–H groups in total. The zero-order valence-corrected chi connectivity index (χ0v) is 15.7. The summed E-state index contributed by atoms with van der Waals surface area (Å²) in [6.07, 6.45) is 0. The number of fused-ring (bicyclic) bond motifs is 1. The van der Waals surface area contributed by atoms with Crippen LogP contribution in [0.15, 0.2) is 54.6 Å². The van der Waals surface area contributed by atoms with Crippen molar-refractivity contribution in [2.24, 2.45) is 0 Å². The fourth-order valence-corrected chi connectivity index (χ4v) is 2.79. The van der Waals surface area contributed by atoms with Crippen LogP contribution >= 0.6 is 0 Å². The Balaban J connectivity index is 0.00000161. The number of hydrogen-bond donors (Lipinski definition) is 0. The molecule has 0 amide bonds. The molecular weight excluding hydrogens is 331 g/mol. The summed E-state index contributed by atoms with van der Waals surface area (Å²) in [5.74, 6) is 0. The Morgan fingerprint density at radius 3 is 2.19 bits per heavy atom. The number of hydrogen-bond acceptors (Lipinski definition) is 0. The largest absolute Gasteiger partial charge is 0.165 e. The number of benzene rings is 2. The predicted molar refractivity (Wildman–Crippen MR) is 88.4 cm³/mol. The van der Waals surface area contributed by atoms with Gasteiger partial charge in [0.25, 0.3) is 0 Å². The topological polar surface area (TPSA) is 0 Å². The van der Waals surface area contributed by atoms with E-state index in [0.29, 0.717) is 0 Å². The van der Waals surface area contributed by atoms with Crippen LogP contribution in [-0.4, -0.2) is 0 Å². The molecule has 0 atom stereocenters. The monoisotopic (exact) mass is 351 g/mol. The maximum atomic E-state index is 2.28. The van der Waals surface area contributed by atoms with E-state index in [1.54, 1.807) is 0 Å². The van der Waals surface area contributed by atoms with E-state index in [9.17, 15) is 0 Å². The van der Waals surface area contributed by atoms with Crippen molar-refractivity contribution in [3.63, 3.8) is 0 Å². The first kappa shape index (κ1) is 16.3. The van der Waals surface area contributed by atoms with Crippen LogP contribution in [0.3, 0.4) is 0 Å². The van der Waals surface area contributed by atoms with Crippen molar-refractivity contribution in [2.45, 2.75) is 33.1 Å². The third-order valence-electron chi connectivity index (χ3n) is 3.96. The standard InChI is InChI=1S/C20H21.Zr/c1-14-12-16-6-5-7-18(19(16)13-14)15-8-10-17(11-9-15)20(2,3)4;/h5-13H,1-4H3;/q-1;. The average Bonchev–Trinajstić information content (AvgIpc) is 2.78. The van der Waals surface area contributed by atoms with Gasteiger partial charge in [-0.05, 0) is 16.5 Å². The SMILES string of the molecule is Cc1cc2c(-c3ccc(C(C)(C)C)cc3)cccc2[cH-]1.[Zr]. The van der Waals surface area contributed by atoms with E-state index in [1.807, 2.05) is 0 Å². The molecule has 3 rings (SSSR count). The molecule has 0 saturated heterocycles. The molecule has 0 spiro atoms. The van der Waals surface area contributed by atoms with E-state index in [0.717, 1.165) is 0 Å². The molecule has 3 aromatic rings. The van der Waals surface area contributed by atoms with Gasteiger partial charge in [0, 0.05) is 26.2 Å². The third-order valence-corrected chi connectivity index (χ3v) is 3.96. The first-order chi connectivity index (χ1) is 9.45. The Hall–Kier alpha value is -1.07. The summed E-state index contributed by atoms with van der Waals surface area (Å²) in [5.41, 5.74) is 5.55. The molecule has 0 unspecified atom stereocenters. The Kier molecular flexibility index (Phi) is 4.64. The first-order valence-corrected chi connectivity index (χ1v) is 7.22. The molecule has 0 aliphatic carbocycles. The molecule has 3 aromatic carbocycles. The van der Waals surface area contributed by atoms with Crippen LogP contribution in [0.5, 0.6) is 0 Å². The second kappa shape index (κ2) is 5.97. The van der Waals surface area contributed by atoms with Gasteiger partial charge in [-0.3, -0.25) is 0 Å². The van der Waals surface area contributed by atoms with Gasteiger partial charge in [-0.2, -0.15) is 6.07 Å². The zero-order chi connectivity index (χ0) is 14.3. The fraction of sp³-hybridized carbons (Fsp3) is 0.250. The Bertz CT molecular complexity index is 740. The smallest absolute Gasteiger partial charge is 0 e. The molecule has 0 aliphatic heterocycles. The molecular formula is C20H21Zr-. The summed E-state index contributed by atoms with van der Waals surface area (Å²) < 4.78 is 0. The maximum Gasteiger partial charge on any atom is 0 e. The van der Waals surface area contributed by atoms with Crippen LogP contribution in [-0.2, 0) is 31.6 Å². The van der Waals surface area contributed by atoms with Gasteiger partial charge in [0.15, 0.2) is 0 Å². The van der Waals surface area contributed by atoms with E-state index >= 15 is 0 Å². The number of rotatable bonds is 1. The van der Waals surface area contributed by atoms with Crippen LogP contribution in [0.2, 0.25) is 0 Å². The van der Waals surface area contributed by atoms with E-state index < -0.39 is 0 Å². The average molecular weight is 353 g/mol. The summed E-state index contributed by atoms with van der Waals surface area (Å²) in [5, 5.41) is 2.69. The van der Waals surface area contributed by atoms with Crippen LogP contribution in [0.4, 0.5) is 0 Å². The van der Waals surface area contributed by atoms with E-state index in [4.69, 9.17) is 0 Å². The van der Waals surface area contributed by atoms with Crippen molar-refractivity contribution in [1.29, 1.82) is 0 Å². The van der Waals surface area contributed by atoms with Crippen LogP contribution in [0.1, 0.15) is 31.9 Å². The molecule has 106 valence electrons. The molecule has 0 aromatic heterocycles. The van der Waals surface area contributed by atoms with Gasteiger partial charge in [-0.1, -0.05) is 63.6 Å². The Morgan fingerprint density at radius 2 is 1.57 bits per heavy atom. The Morgan fingerprint density at radius 1 is 0.905 bits per heavy atom. The molecule has 1 heteroatoms. The van der Waals surface area contributed by atoms with Gasteiger partial charge < -0.3 is 0 Å². The zero-order valence-electron chi connectivity index (χ0n) is 13.2. The minimum absolute atomic E-state index is 0. The van der Waals surface area contributed by atoms with Gasteiger partial charge in [0.1, 0.15) is 0 Å². The van der Waals surface area contributed by atoms with Crippen LogP contribution < -0.4 is 0 Å². The summed E-state index contributed by atoms with van der Waals surface area (Å²) in [6.45, 7) is 8.92. The van der Waals surface area contributed by atoms with E-state index in [-0.39, 0.29) is 31.6 Å². The summed E-state index contributed by atoms with van der Waals surface area (Å²) in [7, 11) is 0. The van der Waals surface area contributed by atoms with Gasteiger partial charge in [0.05, 0.1) is 0 Å². The van der Waals surface area contributed by atoms with E-state index in [1.165, 1.54) is 33.0 Å². The minimum Gasteiger partial charge on any atom is -0.165 e. The van der Waals surface area contributed by atoms with Crippen molar-refractivity contribution >= 4 is 10.8 Å². The van der Waals surface area contributed by atoms with Crippen molar-refractivity contribution < 1.29 is 26.2 Å². The molecule has 0 nitrogen and oxygen atoms in total. The Labute approximate surface area is 146 Å². The molecule has 21 heavy (non-hydrogen) atoms. The van der Waals surface area contributed by atoms with Crippen molar-refractivity contribution in [3.8, 4) is 11.1 Å². The quantitative estimate of drug-likeness (QED) is 0.483. The minimum atomic E-state index is 0. The van der Waals surface area contributed by atoms with Crippen LogP contribution in [0, 0.1) is 6.92 Å². The van der Waals surface area contributed by atoms with Crippen LogP contribution in [0.25, 0.3) is 21.9 Å². The molecule has 0 bridgehead atoms. The second-order valence-corrected chi connectivity index (χ2v) is 6.67.